The Hall–Kier alpha value is -1.94. The topological polar surface area (TPSA) is 42.1 Å². The van der Waals surface area contributed by atoms with Gasteiger partial charge in [-0.1, -0.05) is 6.07 Å². The summed E-state index contributed by atoms with van der Waals surface area (Å²) >= 11 is 0. The molecule has 0 unspecified atom stereocenters. The van der Waals surface area contributed by atoms with E-state index in [1.165, 1.54) is 12.1 Å². The van der Waals surface area contributed by atoms with Gasteiger partial charge in [-0.15, -0.1) is 0 Å². The molecule has 0 spiro atoms. The van der Waals surface area contributed by atoms with E-state index in [1.807, 2.05) is 12.1 Å². The van der Waals surface area contributed by atoms with Crippen molar-refractivity contribution in [1.82, 2.24) is 4.98 Å². The Labute approximate surface area is 112 Å². The van der Waals surface area contributed by atoms with Gasteiger partial charge in [-0.3, -0.25) is 4.98 Å². The average Bonchev–Trinajstić information content (AvgIpc) is 2.46. The van der Waals surface area contributed by atoms with E-state index in [0.717, 1.165) is 23.5 Å². The summed E-state index contributed by atoms with van der Waals surface area (Å²) < 4.78 is 12.9. The molecule has 1 aromatic heterocycles. The van der Waals surface area contributed by atoms with Crippen molar-refractivity contribution >= 4 is 5.69 Å². The first kappa shape index (κ1) is 13.5. The van der Waals surface area contributed by atoms with Crippen LogP contribution in [-0.4, -0.2) is 11.5 Å². The molecule has 0 saturated carbocycles. The van der Waals surface area contributed by atoms with Crippen molar-refractivity contribution < 1.29 is 4.39 Å². The molecule has 2 N–H and O–H groups in total. The molecule has 0 amide bonds. The molecule has 1 heterocycles. The van der Waals surface area contributed by atoms with Crippen LogP contribution in [0.4, 0.5) is 10.1 Å². The standard InChI is InChI=1S/C15H18FN3/c1-2-19(15-7-4-13(16)5-8-15)11-14-6-3-12(9-17)10-18-14/h3-8,10H,2,9,11,17H2,1H3. The van der Waals surface area contributed by atoms with Gasteiger partial charge in [0.15, 0.2) is 0 Å². The van der Waals surface area contributed by atoms with Crippen molar-refractivity contribution in [1.29, 1.82) is 0 Å². The molecular weight excluding hydrogens is 241 g/mol. The van der Waals surface area contributed by atoms with Crippen LogP contribution in [0.15, 0.2) is 42.6 Å². The van der Waals surface area contributed by atoms with Crippen LogP contribution in [0.2, 0.25) is 0 Å². The molecule has 2 aromatic rings. The maximum Gasteiger partial charge on any atom is 0.123 e. The summed E-state index contributed by atoms with van der Waals surface area (Å²) in [5.41, 5.74) is 8.54. The summed E-state index contributed by atoms with van der Waals surface area (Å²) in [6.45, 7) is 4.11. The van der Waals surface area contributed by atoms with Gasteiger partial charge < -0.3 is 10.6 Å². The van der Waals surface area contributed by atoms with Crippen molar-refractivity contribution in [2.45, 2.75) is 20.0 Å². The quantitative estimate of drug-likeness (QED) is 0.897. The number of aromatic nitrogens is 1. The zero-order valence-electron chi connectivity index (χ0n) is 11.0. The van der Waals surface area contributed by atoms with Gasteiger partial charge in [0.05, 0.1) is 12.2 Å². The van der Waals surface area contributed by atoms with Crippen molar-refractivity contribution in [3.05, 3.63) is 59.7 Å². The highest BCUT2D eigenvalue weighted by molar-refractivity contribution is 5.46. The number of halogens is 1. The Morgan fingerprint density at radius 1 is 1.16 bits per heavy atom. The van der Waals surface area contributed by atoms with Gasteiger partial charge >= 0.3 is 0 Å². The third-order valence-electron chi connectivity index (χ3n) is 3.05. The number of anilines is 1. The third-order valence-corrected chi connectivity index (χ3v) is 3.05. The van der Waals surface area contributed by atoms with E-state index in [4.69, 9.17) is 5.73 Å². The van der Waals surface area contributed by atoms with Gasteiger partial charge in [0.25, 0.3) is 0 Å². The largest absolute Gasteiger partial charge is 0.366 e. The van der Waals surface area contributed by atoms with E-state index in [1.54, 1.807) is 18.3 Å². The first-order chi connectivity index (χ1) is 9.22. The summed E-state index contributed by atoms with van der Waals surface area (Å²) in [6, 6.07) is 10.5. The molecule has 0 radical (unpaired) electrons. The van der Waals surface area contributed by atoms with Crippen LogP contribution in [0.3, 0.4) is 0 Å². The zero-order valence-corrected chi connectivity index (χ0v) is 11.0. The molecular formula is C15H18FN3. The zero-order chi connectivity index (χ0) is 13.7. The van der Waals surface area contributed by atoms with E-state index in [2.05, 4.69) is 16.8 Å². The number of benzene rings is 1. The number of rotatable bonds is 5. The third kappa shape index (κ3) is 3.51. The predicted octanol–water partition coefficient (Wildman–Crippen LogP) is 2.71. The number of hydrogen-bond acceptors (Lipinski definition) is 3. The highest BCUT2D eigenvalue weighted by atomic mass is 19.1. The van der Waals surface area contributed by atoms with E-state index in [9.17, 15) is 4.39 Å². The number of nitrogens with two attached hydrogens (primary N) is 1. The molecule has 0 bridgehead atoms. The first-order valence-electron chi connectivity index (χ1n) is 6.37. The second kappa shape index (κ2) is 6.29. The van der Waals surface area contributed by atoms with Crippen LogP contribution < -0.4 is 10.6 Å². The maximum absolute atomic E-state index is 12.9. The minimum Gasteiger partial charge on any atom is -0.366 e. The van der Waals surface area contributed by atoms with E-state index >= 15 is 0 Å². The lowest BCUT2D eigenvalue weighted by Crippen LogP contribution is -2.22. The number of nitrogens with zero attached hydrogens (tertiary/aromatic N) is 2. The Bertz CT molecular complexity index is 508. The van der Waals surface area contributed by atoms with Crippen LogP contribution in [0.5, 0.6) is 0 Å². The molecule has 4 heteroatoms. The molecule has 2 rings (SSSR count). The van der Waals surface area contributed by atoms with Gasteiger partial charge in [0, 0.05) is 25.0 Å². The smallest absolute Gasteiger partial charge is 0.123 e. The second-order valence-corrected chi connectivity index (χ2v) is 4.35. The van der Waals surface area contributed by atoms with E-state index < -0.39 is 0 Å². The SMILES string of the molecule is CCN(Cc1ccc(CN)cn1)c1ccc(F)cc1. The highest BCUT2D eigenvalue weighted by Crippen LogP contribution is 2.17. The van der Waals surface area contributed by atoms with Crippen LogP contribution >= 0.6 is 0 Å². The number of pyridine rings is 1. The fourth-order valence-electron chi connectivity index (χ4n) is 1.90. The van der Waals surface area contributed by atoms with Crippen molar-refractivity contribution in [2.24, 2.45) is 5.73 Å². The van der Waals surface area contributed by atoms with E-state index in [-0.39, 0.29) is 5.82 Å². The van der Waals surface area contributed by atoms with Crippen molar-refractivity contribution in [3.8, 4) is 0 Å². The maximum atomic E-state index is 12.9. The summed E-state index contributed by atoms with van der Waals surface area (Å²) in [7, 11) is 0. The molecule has 0 fully saturated rings. The molecule has 0 aliphatic heterocycles. The molecule has 0 aliphatic carbocycles. The normalized spacial score (nSPS) is 10.5. The summed E-state index contributed by atoms with van der Waals surface area (Å²) in [5, 5.41) is 0. The first-order valence-corrected chi connectivity index (χ1v) is 6.37. The molecule has 0 aliphatic rings. The van der Waals surface area contributed by atoms with Crippen LogP contribution in [0.1, 0.15) is 18.2 Å². The van der Waals surface area contributed by atoms with Crippen molar-refractivity contribution in [2.75, 3.05) is 11.4 Å². The number of hydrogen-bond donors (Lipinski definition) is 1. The van der Waals surface area contributed by atoms with Crippen LogP contribution in [-0.2, 0) is 13.1 Å². The Morgan fingerprint density at radius 2 is 1.89 bits per heavy atom. The Balaban J connectivity index is 2.11. The fraction of sp³-hybridized carbons (Fsp3) is 0.267. The summed E-state index contributed by atoms with van der Waals surface area (Å²) in [5.74, 6) is -0.217. The van der Waals surface area contributed by atoms with Crippen LogP contribution in [0.25, 0.3) is 0 Å². The van der Waals surface area contributed by atoms with Crippen LogP contribution in [0, 0.1) is 5.82 Å². The van der Waals surface area contributed by atoms with E-state index in [0.29, 0.717) is 13.1 Å². The Kier molecular flexibility index (Phi) is 4.47. The second-order valence-electron chi connectivity index (χ2n) is 4.35. The Morgan fingerprint density at radius 3 is 2.42 bits per heavy atom. The molecule has 0 atom stereocenters. The molecule has 19 heavy (non-hydrogen) atoms. The monoisotopic (exact) mass is 259 g/mol. The summed E-state index contributed by atoms with van der Waals surface area (Å²) in [4.78, 5) is 6.53. The molecule has 1 aromatic carbocycles. The minimum atomic E-state index is -0.217. The lowest BCUT2D eigenvalue weighted by Gasteiger charge is -2.22. The predicted molar refractivity (Wildman–Crippen MR) is 75.3 cm³/mol. The van der Waals surface area contributed by atoms with Gasteiger partial charge in [-0.2, -0.15) is 0 Å². The van der Waals surface area contributed by atoms with Crippen molar-refractivity contribution in [3.63, 3.8) is 0 Å². The molecule has 0 saturated heterocycles. The minimum absolute atomic E-state index is 0.217. The fourth-order valence-corrected chi connectivity index (χ4v) is 1.90. The lowest BCUT2D eigenvalue weighted by atomic mass is 10.2. The highest BCUT2D eigenvalue weighted by Gasteiger charge is 2.06. The molecule has 100 valence electrons. The average molecular weight is 259 g/mol. The van der Waals surface area contributed by atoms with Gasteiger partial charge in [0.2, 0.25) is 0 Å². The molecule has 3 nitrogen and oxygen atoms in total. The van der Waals surface area contributed by atoms with Gasteiger partial charge in [0.1, 0.15) is 5.82 Å². The summed E-state index contributed by atoms with van der Waals surface area (Å²) in [6.07, 6.45) is 1.80. The van der Waals surface area contributed by atoms with Gasteiger partial charge in [-0.25, -0.2) is 4.39 Å². The van der Waals surface area contributed by atoms with Gasteiger partial charge in [-0.05, 0) is 42.8 Å². The lowest BCUT2D eigenvalue weighted by molar-refractivity contribution is 0.627.